The first-order valence-electron chi connectivity index (χ1n) is 9.55. The number of amides is 1. The highest BCUT2D eigenvalue weighted by atomic mass is 16.2. The van der Waals surface area contributed by atoms with E-state index in [0.29, 0.717) is 12.2 Å². The number of anilines is 1. The van der Waals surface area contributed by atoms with Gasteiger partial charge in [0.2, 0.25) is 5.91 Å². The van der Waals surface area contributed by atoms with Crippen LogP contribution < -0.4 is 10.6 Å². The molecule has 0 atom stereocenters. The molecule has 0 saturated heterocycles. The predicted molar refractivity (Wildman–Crippen MR) is 119 cm³/mol. The minimum absolute atomic E-state index is 0. The number of nitrogens with one attached hydrogen (secondary N) is 2. The summed E-state index contributed by atoms with van der Waals surface area (Å²) in [6.07, 6.45) is 5.24. The zero-order valence-corrected chi connectivity index (χ0v) is 16.9. The quantitative estimate of drug-likeness (QED) is 0.554. The van der Waals surface area contributed by atoms with E-state index in [-0.39, 0.29) is 31.4 Å². The van der Waals surface area contributed by atoms with Gasteiger partial charge in [-0.05, 0) is 25.5 Å². The molecule has 1 amide bonds. The van der Waals surface area contributed by atoms with Crippen LogP contribution in [0.25, 0.3) is 11.3 Å². The lowest BCUT2D eigenvalue weighted by molar-refractivity contribution is -0.115. The van der Waals surface area contributed by atoms with Crippen molar-refractivity contribution in [3.05, 3.63) is 65.9 Å². The van der Waals surface area contributed by atoms with Gasteiger partial charge < -0.3 is 15.2 Å². The Kier molecular flexibility index (Phi) is 8.00. The number of aryl methyl sites for hydroxylation is 2. The molecule has 0 unspecified atom stereocenters. The molecule has 0 fully saturated rings. The fourth-order valence-electron chi connectivity index (χ4n) is 3.00. The first-order valence-corrected chi connectivity index (χ1v) is 9.55. The number of hydrogen-bond donors (Lipinski definition) is 2. The fourth-order valence-corrected chi connectivity index (χ4v) is 3.00. The highest BCUT2D eigenvalue weighted by Crippen LogP contribution is 2.23. The third-order valence-electron chi connectivity index (χ3n) is 4.49. The van der Waals surface area contributed by atoms with Gasteiger partial charge in [-0.2, -0.15) is 0 Å². The molecule has 0 aliphatic rings. The number of Topliss-reactive ketones (excluding diaryl/α,β-unsaturated/α-hetero) is 1. The van der Waals surface area contributed by atoms with Gasteiger partial charge in [0.15, 0.2) is 5.78 Å². The van der Waals surface area contributed by atoms with Crippen LogP contribution in [-0.2, 0) is 17.9 Å². The van der Waals surface area contributed by atoms with Gasteiger partial charge in [0.05, 0.1) is 24.3 Å². The highest BCUT2D eigenvalue weighted by molar-refractivity contribution is 6.03. The number of carbonyl (C=O) groups excluding carboxylic acids is 2. The molecule has 0 radical (unpaired) electrons. The average molecular weight is 408 g/mol. The third kappa shape index (κ3) is 5.84. The van der Waals surface area contributed by atoms with E-state index in [4.69, 9.17) is 0 Å². The zero-order valence-electron chi connectivity index (χ0n) is 16.9. The van der Waals surface area contributed by atoms with E-state index in [2.05, 4.69) is 26.7 Å². The number of ketones is 1. The molecule has 2 aromatic heterocycles. The standard InChI is InChI=1S/C22H25N5O2.CH4/c1-4-27-13-20(25-14-27)18-9-19(22(16(3)28)24-11-18)26-21(29)12-23-10-17-7-5-6-15(2)8-17;/h5-9,11,13-14,23H,4,10,12H2,1-3H3,(H,26,29);1H4. The molecule has 2 heterocycles. The topological polar surface area (TPSA) is 88.9 Å². The molecular weight excluding hydrogens is 378 g/mol. The van der Waals surface area contributed by atoms with Crippen molar-refractivity contribution >= 4 is 17.4 Å². The maximum Gasteiger partial charge on any atom is 0.238 e. The summed E-state index contributed by atoms with van der Waals surface area (Å²) in [6.45, 7) is 7.00. The lowest BCUT2D eigenvalue weighted by Crippen LogP contribution is -2.28. The Morgan fingerprint density at radius 1 is 1.17 bits per heavy atom. The molecule has 0 aliphatic heterocycles. The minimum atomic E-state index is -0.238. The Morgan fingerprint density at radius 3 is 2.63 bits per heavy atom. The maximum absolute atomic E-state index is 12.4. The van der Waals surface area contributed by atoms with E-state index < -0.39 is 0 Å². The fraction of sp³-hybridized carbons (Fsp3) is 0.304. The number of carbonyl (C=O) groups is 2. The van der Waals surface area contributed by atoms with Gasteiger partial charge in [-0.25, -0.2) is 4.98 Å². The van der Waals surface area contributed by atoms with Crippen molar-refractivity contribution in [1.82, 2.24) is 19.9 Å². The van der Waals surface area contributed by atoms with Crippen LogP contribution in [0.1, 0.15) is 42.9 Å². The summed E-state index contributed by atoms with van der Waals surface area (Å²) in [5.74, 6) is -0.447. The van der Waals surface area contributed by atoms with Gasteiger partial charge in [0.25, 0.3) is 0 Å². The van der Waals surface area contributed by atoms with Crippen molar-refractivity contribution in [2.45, 2.75) is 41.3 Å². The van der Waals surface area contributed by atoms with Gasteiger partial charge in [-0.3, -0.25) is 14.6 Å². The number of pyridine rings is 1. The molecule has 0 spiro atoms. The summed E-state index contributed by atoms with van der Waals surface area (Å²) >= 11 is 0. The second-order valence-electron chi connectivity index (χ2n) is 6.91. The molecule has 1 aromatic carbocycles. The molecule has 0 saturated carbocycles. The largest absolute Gasteiger partial charge is 0.337 e. The molecule has 7 nitrogen and oxygen atoms in total. The number of rotatable bonds is 8. The van der Waals surface area contributed by atoms with E-state index in [1.807, 2.05) is 42.8 Å². The van der Waals surface area contributed by atoms with Crippen molar-refractivity contribution in [2.24, 2.45) is 0 Å². The summed E-state index contributed by atoms with van der Waals surface area (Å²) < 4.78 is 1.95. The zero-order chi connectivity index (χ0) is 20.8. The van der Waals surface area contributed by atoms with Crippen molar-refractivity contribution in [3.8, 4) is 11.3 Å². The van der Waals surface area contributed by atoms with Crippen LogP contribution in [0.15, 0.2) is 49.1 Å². The van der Waals surface area contributed by atoms with Crippen LogP contribution >= 0.6 is 0 Å². The van der Waals surface area contributed by atoms with Crippen LogP contribution in [0.5, 0.6) is 0 Å². The third-order valence-corrected chi connectivity index (χ3v) is 4.49. The van der Waals surface area contributed by atoms with E-state index in [9.17, 15) is 9.59 Å². The lowest BCUT2D eigenvalue weighted by atomic mass is 10.1. The van der Waals surface area contributed by atoms with Gasteiger partial charge in [-0.1, -0.05) is 37.3 Å². The number of aromatic nitrogens is 3. The molecule has 2 N–H and O–H groups in total. The predicted octanol–water partition coefficient (Wildman–Crippen LogP) is 3.84. The second-order valence-corrected chi connectivity index (χ2v) is 6.91. The first-order chi connectivity index (χ1) is 14.0. The van der Waals surface area contributed by atoms with Gasteiger partial charge in [-0.15, -0.1) is 0 Å². The lowest BCUT2D eigenvalue weighted by Gasteiger charge is -2.11. The molecule has 3 aromatic rings. The van der Waals surface area contributed by atoms with Crippen molar-refractivity contribution in [2.75, 3.05) is 11.9 Å². The normalized spacial score (nSPS) is 10.4. The molecule has 158 valence electrons. The van der Waals surface area contributed by atoms with E-state index in [1.165, 1.54) is 12.5 Å². The van der Waals surface area contributed by atoms with Crippen LogP contribution in [-0.4, -0.2) is 32.8 Å². The van der Waals surface area contributed by atoms with Crippen molar-refractivity contribution in [1.29, 1.82) is 0 Å². The molecule has 3 rings (SSSR count). The van der Waals surface area contributed by atoms with Crippen LogP contribution in [0.3, 0.4) is 0 Å². The Labute approximate surface area is 177 Å². The van der Waals surface area contributed by atoms with Crippen LogP contribution in [0, 0.1) is 6.92 Å². The van der Waals surface area contributed by atoms with Gasteiger partial charge >= 0.3 is 0 Å². The molecular formula is C23H29N5O2. The number of imidazole rings is 1. The average Bonchev–Trinajstić information content (AvgIpc) is 3.17. The SMILES string of the molecule is C.CCn1cnc(-c2cnc(C(C)=O)c(NC(=O)CNCc3cccc(C)c3)c2)c1. The Hall–Kier alpha value is -3.32. The minimum Gasteiger partial charge on any atom is -0.337 e. The summed E-state index contributed by atoms with van der Waals surface area (Å²) in [5, 5.41) is 5.92. The van der Waals surface area contributed by atoms with Crippen LogP contribution in [0.2, 0.25) is 0 Å². The second kappa shape index (κ2) is 10.5. The van der Waals surface area contributed by atoms with Crippen molar-refractivity contribution < 1.29 is 9.59 Å². The van der Waals surface area contributed by atoms with Gasteiger partial charge in [0, 0.05) is 38.0 Å². The summed E-state index contributed by atoms with van der Waals surface area (Å²) in [5.41, 5.74) is 4.39. The van der Waals surface area contributed by atoms with E-state index >= 15 is 0 Å². The number of hydrogen-bond acceptors (Lipinski definition) is 5. The molecule has 0 aliphatic carbocycles. The first kappa shape index (κ1) is 23.0. The van der Waals surface area contributed by atoms with Gasteiger partial charge in [0.1, 0.15) is 5.69 Å². The van der Waals surface area contributed by atoms with E-state index in [1.54, 1.807) is 18.6 Å². The monoisotopic (exact) mass is 407 g/mol. The summed E-state index contributed by atoms with van der Waals surface area (Å²) in [6, 6.07) is 9.84. The van der Waals surface area contributed by atoms with Crippen molar-refractivity contribution in [3.63, 3.8) is 0 Å². The molecule has 7 heteroatoms. The Bertz CT molecular complexity index is 1030. The number of benzene rings is 1. The molecule has 30 heavy (non-hydrogen) atoms. The summed E-state index contributed by atoms with van der Waals surface area (Å²) in [4.78, 5) is 32.9. The van der Waals surface area contributed by atoms with Crippen LogP contribution in [0.4, 0.5) is 5.69 Å². The Balaban J connectivity index is 0.00000320. The van der Waals surface area contributed by atoms with E-state index in [0.717, 1.165) is 23.4 Å². The number of nitrogens with zero attached hydrogens (tertiary/aromatic N) is 3. The summed E-state index contributed by atoms with van der Waals surface area (Å²) in [7, 11) is 0. The Morgan fingerprint density at radius 2 is 1.97 bits per heavy atom. The highest BCUT2D eigenvalue weighted by Gasteiger charge is 2.14. The molecule has 0 bridgehead atoms. The smallest absolute Gasteiger partial charge is 0.238 e. The maximum atomic E-state index is 12.4.